The summed E-state index contributed by atoms with van der Waals surface area (Å²) in [6.45, 7) is 4.83. The number of carbonyl (C=O) groups is 1. The standard InChI is InChI=1S/C13H19NO/c1-3-14-13(15)10-9-11(2)12-7-5-4-6-8-12/h4-8,11H,3,9-10H2,1-2H3,(H,14,15). The molecule has 2 heteroatoms. The van der Waals surface area contributed by atoms with E-state index in [1.165, 1.54) is 5.56 Å². The maximum Gasteiger partial charge on any atom is 0.220 e. The van der Waals surface area contributed by atoms with Gasteiger partial charge >= 0.3 is 0 Å². The maximum atomic E-state index is 11.3. The molecule has 0 saturated heterocycles. The molecule has 0 aromatic heterocycles. The molecule has 1 rings (SSSR count). The molecule has 2 nitrogen and oxygen atoms in total. The highest BCUT2D eigenvalue weighted by molar-refractivity contribution is 5.75. The summed E-state index contributed by atoms with van der Waals surface area (Å²) in [6.07, 6.45) is 1.53. The average molecular weight is 205 g/mol. The van der Waals surface area contributed by atoms with Crippen molar-refractivity contribution < 1.29 is 4.79 Å². The first-order valence-corrected chi connectivity index (χ1v) is 5.55. The molecule has 0 heterocycles. The van der Waals surface area contributed by atoms with E-state index in [-0.39, 0.29) is 5.91 Å². The molecule has 0 radical (unpaired) electrons. The van der Waals surface area contributed by atoms with Gasteiger partial charge in [0.1, 0.15) is 0 Å². The van der Waals surface area contributed by atoms with Gasteiger partial charge in [-0.3, -0.25) is 4.79 Å². The number of carbonyl (C=O) groups excluding carboxylic acids is 1. The molecule has 0 fully saturated rings. The van der Waals surface area contributed by atoms with Crippen molar-refractivity contribution in [2.75, 3.05) is 6.54 Å². The number of amides is 1. The summed E-state index contributed by atoms with van der Waals surface area (Å²) in [5.41, 5.74) is 1.31. The van der Waals surface area contributed by atoms with Crippen molar-refractivity contribution in [3.05, 3.63) is 35.9 Å². The molecular formula is C13H19NO. The highest BCUT2D eigenvalue weighted by Crippen LogP contribution is 2.19. The van der Waals surface area contributed by atoms with Crippen LogP contribution in [0.1, 0.15) is 38.2 Å². The lowest BCUT2D eigenvalue weighted by molar-refractivity contribution is -0.121. The topological polar surface area (TPSA) is 29.1 Å². The molecule has 1 unspecified atom stereocenters. The normalized spacial score (nSPS) is 12.1. The first-order valence-electron chi connectivity index (χ1n) is 5.55. The number of hydrogen-bond acceptors (Lipinski definition) is 1. The number of hydrogen-bond donors (Lipinski definition) is 1. The fourth-order valence-corrected chi connectivity index (χ4v) is 1.58. The quantitative estimate of drug-likeness (QED) is 0.786. The fourth-order valence-electron chi connectivity index (χ4n) is 1.58. The molecule has 0 saturated carbocycles. The molecule has 1 aromatic carbocycles. The molecule has 1 N–H and O–H groups in total. The van der Waals surface area contributed by atoms with E-state index < -0.39 is 0 Å². The molecule has 0 aliphatic heterocycles. The second-order valence-corrected chi connectivity index (χ2v) is 3.80. The highest BCUT2D eigenvalue weighted by Gasteiger charge is 2.07. The Morgan fingerprint density at radius 1 is 1.33 bits per heavy atom. The SMILES string of the molecule is CCNC(=O)CCC(C)c1ccccc1. The van der Waals surface area contributed by atoms with Gasteiger partial charge in [-0.25, -0.2) is 0 Å². The molecular weight excluding hydrogens is 186 g/mol. The zero-order chi connectivity index (χ0) is 11.1. The van der Waals surface area contributed by atoms with Crippen molar-refractivity contribution in [1.29, 1.82) is 0 Å². The number of rotatable bonds is 5. The van der Waals surface area contributed by atoms with Crippen molar-refractivity contribution in [3.8, 4) is 0 Å². The van der Waals surface area contributed by atoms with Crippen LogP contribution < -0.4 is 5.32 Å². The van der Waals surface area contributed by atoms with E-state index in [2.05, 4.69) is 24.4 Å². The first-order chi connectivity index (χ1) is 7.24. The van der Waals surface area contributed by atoms with E-state index in [4.69, 9.17) is 0 Å². The van der Waals surface area contributed by atoms with E-state index in [0.29, 0.717) is 12.3 Å². The van der Waals surface area contributed by atoms with Gasteiger partial charge in [0.25, 0.3) is 0 Å². The van der Waals surface area contributed by atoms with Gasteiger partial charge in [-0.15, -0.1) is 0 Å². The Labute approximate surface area is 91.7 Å². The molecule has 0 spiro atoms. The molecule has 0 aliphatic carbocycles. The highest BCUT2D eigenvalue weighted by atomic mass is 16.1. The third-order valence-electron chi connectivity index (χ3n) is 2.55. The van der Waals surface area contributed by atoms with Crippen molar-refractivity contribution in [1.82, 2.24) is 5.32 Å². The summed E-state index contributed by atoms with van der Waals surface area (Å²) in [6, 6.07) is 10.3. The zero-order valence-corrected chi connectivity index (χ0v) is 9.49. The number of benzene rings is 1. The predicted molar refractivity (Wildman–Crippen MR) is 62.8 cm³/mol. The van der Waals surface area contributed by atoms with Crippen LogP contribution in [0.3, 0.4) is 0 Å². The van der Waals surface area contributed by atoms with Crippen molar-refractivity contribution in [2.24, 2.45) is 0 Å². The van der Waals surface area contributed by atoms with Gasteiger partial charge in [0.05, 0.1) is 0 Å². The Morgan fingerprint density at radius 2 is 2.00 bits per heavy atom. The van der Waals surface area contributed by atoms with Crippen LogP contribution in [0, 0.1) is 0 Å². The van der Waals surface area contributed by atoms with E-state index in [9.17, 15) is 4.79 Å². The third-order valence-corrected chi connectivity index (χ3v) is 2.55. The molecule has 1 amide bonds. The lowest BCUT2D eigenvalue weighted by Crippen LogP contribution is -2.22. The Morgan fingerprint density at radius 3 is 2.60 bits per heavy atom. The molecule has 1 aromatic rings. The Hall–Kier alpha value is -1.31. The minimum Gasteiger partial charge on any atom is -0.356 e. The van der Waals surface area contributed by atoms with Gasteiger partial charge in [0.15, 0.2) is 0 Å². The van der Waals surface area contributed by atoms with Crippen molar-refractivity contribution >= 4 is 5.91 Å². The molecule has 0 bridgehead atoms. The van der Waals surface area contributed by atoms with Crippen LogP contribution in [0.25, 0.3) is 0 Å². The summed E-state index contributed by atoms with van der Waals surface area (Å²) in [4.78, 5) is 11.3. The van der Waals surface area contributed by atoms with Crippen molar-refractivity contribution in [2.45, 2.75) is 32.6 Å². The fraction of sp³-hybridized carbons (Fsp3) is 0.462. The van der Waals surface area contributed by atoms with Gasteiger partial charge in [0.2, 0.25) is 5.91 Å². The molecule has 15 heavy (non-hydrogen) atoms. The summed E-state index contributed by atoms with van der Waals surface area (Å²) in [7, 11) is 0. The van der Waals surface area contributed by atoms with Gasteiger partial charge in [-0.05, 0) is 24.8 Å². The van der Waals surface area contributed by atoms with Gasteiger partial charge < -0.3 is 5.32 Å². The summed E-state index contributed by atoms with van der Waals surface area (Å²) in [5, 5.41) is 2.81. The third kappa shape index (κ3) is 4.15. The zero-order valence-electron chi connectivity index (χ0n) is 9.49. The van der Waals surface area contributed by atoms with Crippen LogP contribution in [0.5, 0.6) is 0 Å². The Kier molecular flexibility index (Phi) is 4.88. The lowest BCUT2D eigenvalue weighted by atomic mass is 9.96. The second kappa shape index (κ2) is 6.23. The summed E-state index contributed by atoms with van der Waals surface area (Å²) in [5.74, 6) is 0.606. The Balaban J connectivity index is 2.37. The van der Waals surface area contributed by atoms with Crippen LogP contribution >= 0.6 is 0 Å². The second-order valence-electron chi connectivity index (χ2n) is 3.80. The molecule has 0 aliphatic rings. The van der Waals surface area contributed by atoms with Crippen LogP contribution in [0.2, 0.25) is 0 Å². The van der Waals surface area contributed by atoms with Crippen LogP contribution in [-0.2, 0) is 4.79 Å². The van der Waals surface area contributed by atoms with Crippen LogP contribution in [-0.4, -0.2) is 12.5 Å². The summed E-state index contributed by atoms with van der Waals surface area (Å²) < 4.78 is 0. The minimum absolute atomic E-state index is 0.153. The van der Waals surface area contributed by atoms with E-state index in [0.717, 1.165) is 13.0 Å². The van der Waals surface area contributed by atoms with Gasteiger partial charge in [-0.1, -0.05) is 37.3 Å². The first kappa shape index (κ1) is 11.8. The van der Waals surface area contributed by atoms with E-state index in [1.807, 2.05) is 25.1 Å². The van der Waals surface area contributed by atoms with E-state index >= 15 is 0 Å². The predicted octanol–water partition coefficient (Wildman–Crippen LogP) is 2.71. The lowest BCUT2D eigenvalue weighted by Gasteiger charge is -2.11. The molecule has 1 atom stereocenters. The monoisotopic (exact) mass is 205 g/mol. The van der Waals surface area contributed by atoms with Crippen LogP contribution in [0.15, 0.2) is 30.3 Å². The van der Waals surface area contributed by atoms with Crippen LogP contribution in [0.4, 0.5) is 0 Å². The smallest absolute Gasteiger partial charge is 0.220 e. The van der Waals surface area contributed by atoms with Gasteiger partial charge in [-0.2, -0.15) is 0 Å². The van der Waals surface area contributed by atoms with Gasteiger partial charge in [0, 0.05) is 13.0 Å². The average Bonchev–Trinajstić information content (AvgIpc) is 2.27. The van der Waals surface area contributed by atoms with E-state index in [1.54, 1.807) is 0 Å². The number of nitrogens with one attached hydrogen (secondary N) is 1. The Bertz CT molecular complexity index is 295. The minimum atomic E-state index is 0.153. The maximum absolute atomic E-state index is 11.3. The molecule has 82 valence electrons. The summed E-state index contributed by atoms with van der Waals surface area (Å²) >= 11 is 0. The largest absolute Gasteiger partial charge is 0.356 e. The van der Waals surface area contributed by atoms with Crippen molar-refractivity contribution in [3.63, 3.8) is 0 Å².